The van der Waals surface area contributed by atoms with Crippen LogP contribution in [0.1, 0.15) is 29.3 Å². The predicted octanol–water partition coefficient (Wildman–Crippen LogP) is 0.778. The fourth-order valence-electron chi connectivity index (χ4n) is 1.84. The third-order valence-corrected chi connectivity index (χ3v) is 3.19. The zero-order valence-electron chi connectivity index (χ0n) is 10.4. The molecule has 2 unspecified atom stereocenters. The number of amides is 1. The van der Waals surface area contributed by atoms with E-state index in [0.29, 0.717) is 17.0 Å². The molecule has 0 aliphatic heterocycles. The fraction of sp³-hybridized carbons (Fsp3) is 0.429. The first-order valence-electron chi connectivity index (χ1n) is 6.13. The summed E-state index contributed by atoms with van der Waals surface area (Å²) in [4.78, 5) is 16.0. The van der Waals surface area contributed by atoms with Crippen LogP contribution in [0.4, 0.5) is 0 Å². The van der Waals surface area contributed by atoms with Crippen molar-refractivity contribution < 1.29 is 4.79 Å². The van der Waals surface area contributed by atoms with E-state index in [-0.39, 0.29) is 12.5 Å². The molecule has 18 heavy (non-hydrogen) atoms. The molecule has 1 fully saturated rings. The van der Waals surface area contributed by atoms with Crippen LogP contribution >= 0.6 is 0 Å². The molecule has 0 bridgehead atoms. The van der Waals surface area contributed by atoms with Crippen molar-refractivity contribution in [3.63, 3.8) is 0 Å². The SMILES string of the molecule is CC1CC1CNC(=O)c1ccncc1C#CCN. The Morgan fingerprint density at radius 1 is 1.67 bits per heavy atom. The number of rotatable bonds is 3. The van der Waals surface area contributed by atoms with Crippen molar-refractivity contribution in [1.29, 1.82) is 0 Å². The van der Waals surface area contributed by atoms with Gasteiger partial charge in [0, 0.05) is 18.9 Å². The van der Waals surface area contributed by atoms with Crippen LogP contribution in [0.3, 0.4) is 0 Å². The quantitative estimate of drug-likeness (QED) is 0.771. The molecular weight excluding hydrogens is 226 g/mol. The van der Waals surface area contributed by atoms with E-state index < -0.39 is 0 Å². The number of nitrogens with zero attached hydrogens (tertiary/aromatic N) is 1. The second-order valence-electron chi connectivity index (χ2n) is 4.61. The molecule has 4 nitrogen and oxygen atoms in total. The summed E-state index contributed by atoms with van der Waals surface area (Å²) in [6.07, 6.45) is 4.40. The summed E-state index contributed by atoms with van der Waals surface area (Å²) < 4.78 is 0. The molecular formula is C14H17N3O. The van der Waals surface area contributed by atoms with Gasteiger partial charge in [-0.25, -0.2) is 0 Å². The lowest BCUT2D eigenvalue weighted by Gasteiger charge is -2.05. The Labute approximate surface area is 107 Å². The molecule has 2 atom stereocenters. The van der Waals surface area contributed by atoms with Gasteiger partial charge in [-0.2, -0.15) is 0 Å². The molecule has 1 saturated carbocycles. The summed E-state index contributed by atoms with van der Waals surface area (Å²) >= 11 is 0. The molecule has 1 heterocycles. The van der Waals surface area contributed by atoms with Gasteiger partial charge >= 0.3 is 0 Å². The van der Waals surface area contributed by atoms with Gasteiger partial charge in [0.1, 0.15) is 0 Å². The molecule has 1 aromatic heterocycles. The summed E-state index contributed by atoms with van der Waals surface area (Å²) in [5.41, 5.74) is 6.53. The number of pyridine rings is 1. The van der Waals surface area contributed by atoms with Gasteiger partial charge in [-0.3, -0.25) is 9.78 Å². The zero-order chi connectivity index (χ0) is 13.0. The topological polar surface area (TPSA) is 68.0 Å². The summed E-state index contributed by atoms with van der Waals surface area (Å²) in [5, 5.41) is 2.94. The summed E-state index contributed by atoms with van der Waals surface area (Å²) in [7, 11) is 0. The van der Waals surface area contributed by atoms with Crippen molar-refractivity contribution in [2.45, 2.75) is 13.3 Å². The molecule has 0 aromatic carbocycles. The first-order chi connectivity index (χ1) is 8.72. The second kappa shape index (κ2) is 5.65. The molecule has 2 rings (SSSR count). The predicted molar refractivity (Wildman–Crippen MR) is 69.8 cm³/mol. The van der Waals surface area contributed by atoms with Crippen LogP contribution in [0.25, 0.3) is 0 Å². The van der Waals surface area contributed by atoms with Crippen molar-refractivity contribution in [2.75, 3.05) is 13.1 Å². The van der Waals surface area contributed by atoms with Gasteiger partial charge < -0.3 is 11.1 Å². The number of nitrogens with one attached hydrogen (secondary N) is 1. The first kappa shape index (κ1) is 12.6. The highest BCUT2D eigenvalue weighted by atomic mass is 16.1. The average Bonchev–Trinajstić information content (AvgIpc) is 3.10. The van der Waals surface area contributed by atoms with Crippen molar-refractivity contribution in [1.82, 2.24) is 10.3 Å². The van der Waals surface area contributed by atoms with E-state index >= 15 is 0 Å². The van der Waals surface area contributed by atoms with Gasteiger partial charge in [0.15, 0.2) is 0 Å². The van der Waals surface area contributed by atoms with Gasteiger partial charge in [0.2, 0.25) is 0 Å². The Hall–Kier alpha value is -1.86. The second-order valence-corrected chi connectivity index (χ2v) is 4.61. The Bertz CT molecular complexity index is 501. The van der Waals surface area contributed by atoms with Gasteiger partial charge in [0.25, 0.3) is 5.91 Å². The van der Waals surface area contributed by atoms with E-state index in [4.69, 9.17) is 5.73 Å². The molecule has 4 heteroatoms. The van der Waals surface area contributed by atoms with E-state index in [1.54, 1.807) is 18.5 Å². The molecule has 0 spiro atoms. The molecule has 0 saturated heterocycles. The van der Waals surface area contributed by atoms with E-state index in [9.17, 15) is 4.79 Å². The van der Waals surface area contributed by atoms with Crippen LogP contribution < -0.4 is 11.1 Å². The summed E-state index contributed by atoms with van der Waals surface area (Å²) in [6.45, 7) is 3.21. The third-order valence-electron chi connectivity index (χ3n) is 3.19. The number of nitrogens with two attached hydrogens (primary N) is 1. The van der Waals surface area contributed by atoms with Gasteiger partial charge in [-0.15, -0.1) is 0 Å². The minimum absolute atomic E-state index is 0.0854. The van der Waals surface area contributed by atoms with Crippen LogP contribution in [0.15, 0.2) is 18.5 Å². The molecule has 94 valence electrons. The monoisotopic (exact) mass is 243 g/mol. The number of aromatic nitrogens is 1. The van der Waals surface area contributed by atoms with Crippen molar-refractivity contribution in [3.8, 4) is 11.8 Å². The zero-order valence-corrected chi connectivity index (χ0v) is 10.4. The highest BCUT2D eigenvalue weighted by Crippen LogP contribution is 2.36. The van der Waals surface area contributed by atoms with Crippen LogP contribution in [0.2, 0.25) is 0 Å². The van der Waals surface area contributed by atoms with Crippen LogP contribution in [-0.2, 0) is 0 Å². The summed E-state index contributed by atoms with van der Waals surface area (Å²) in [6, 6.07) is 1.69. The van der Waals surface area contributed by atoms with E-state index in [2.05, 4.69) is 29.1 Å². The Morgan fingerprint density at radius 2 is 2.44 bits per heavy atom. The Morgan fingerprint density at radius 3 is 3.11 bits per heavy atom. The normalized spacial score (nSPS) is 20.8. The minimum atomic E-state index is -0.0854. The lowest BCUT2D eigenvalue weighted by molar-refractivity contribution is 0.0951. The average molecular weight is 243 g/mol. The standard InChI is InChI=1S/C14H17N3O/c1-10-7-12(10)9-17-14(18)13-4-6-16-8-11(13)3-2-5-15/h4,6,8,10,12H,5,7,9,15H2,1H3,(H,17,18). The number of carbonyl (C=O) groups excluding carboxylic acids is 1. The van der Waals surface area contributed by atoms with Gasteiger partial charge in [-0.05, 0) is 24.3 Å². The largest absolute Gasteiger partial charge is 0.352 e. The molecule has 1 aliphatic carbocycles. The van der Waals surface area contributed by atoms with Gasteiger partial charge in [-0.1, -0.05) is 18.8 Å². The van der Waals surface area contributed by atoms with Crippen LogP contribution in [0, 0.1) is 23.7 Å². The highest BCUT2D eigenvalue weighted by molar-refractivity contribution is 5.96. The van der Waals surface area contributed by atoms with E-state index in [1.807, 2.05) is 0 Å². The maximum atomic E-state index is 12.0. The molecule has 0 radical (unpaired) electrons. The molecule has 1 aliphatic rings. The minimum Gasteiger partial charge on any atom is -0.352 e. The molecule has 1 aromatic rings. The highest BCUT2D eigenvalue weighted by Gasteiger charge is 2.32. The maximum absolute atomic E-state index is 12.0. The van der Waals surface area contributed by atoms with E-state index in [1.165, 1.54) is 6.42 Å². The number of hydrogen-bond donors (Lipinski definition) is 2. The molecule has 1 amide bonds. The van der Waals surface area contributed by atoms with Crippen molar-refractivity contribution in [3.05, 3.63) is 29.6 Å². The van der Waals surface area contributed by atoms with Gasteiger partial charge in [0.05, 0.1) is 17.7 Å². The lowest BCUT2D eigenvalue weighted by atomic mass is 10.1. The Balaban J connectivity index is 2.04. The Kier molecular flexibility index (Phi) is 3.96. The van der Waals surface area contributed by atoms with E-state index in [0.717, 1.165) is 12.5 Å². The van der Waals surface area contributed by atoms with Crippen LogP contribution in [0.5, 0.6) is 0 Å². The third kappa shape index (κ3) is 3.08. The van der Waals surface area contributed by atoms with Crippen LogP contribution in [-0.4, -0.2) is 24.0 Å². The van der Waals surface area contributed by atoms with Crippen molar-refractivity contribution in [2.24, 2.45) is 17.6 Å². The fourth-order valence-corrected chi connectivity index (χ4v) is 1.84. The number of hydrogen-bond acceptors (Lipinski definition) is 3. The smallest absolute Gasteiger partial charge is 0.252 e. The maximum Gasteiger partial charge on any atom is 0.252 e. The molecule has 3 N–H and O–H groups in total. The summed E-state index contributed by atoms with van der Waals surface area (Å²) in [5.74, 6) is 6.89. The number of carbonyl (C=O) groups is 1. The lowest BCUT2D eigenvalue weighted by Crippen LogP contribution is -2.26. The van der Waals surface area contributed by atoms with Crippen molar-refractivity contribution >= 4 is 5.91 Å². The first-order valence-corrected chi connectivity index (χ1v) is 6.13.